The van der Waals surface area contributed by atoms with Crippen LogP contribution >= 0.6 is 0 Å². The van der Waals surface area contributed by atoms with Crippen LogP contribution in [0, 0.1) is 0 Å². The molecular weight excluding hydrogens is 140 g/mol. The van der Waals surface area contributed by atoms with Crippen molar-refractivity contribution in [3.63, 3.8) is 0 Å². The monoisotopic (exact) mass is 156 g/mol. The van der Waals surface area contributed by atoms with Crippen molar-refractivity contribution in [3.8, 4) is 0 Å². The number of amides is 1. The third-order valence-electron chi connectivity index (χ3n) is 1.16. The van der Waals surface area contributed by atoms with E-state index in [-0.39, 0.29) is 11.4 Å². The summed E-state index contributed by atoms with van der Waals surface area (Å²) in [5, 5.41) is 5.42. The van der Waals surface area contributed by atoms with Crippen molar-refractivity contribution in [2.75, 3.05) is 0 Å². The summed E-state index contributed by atoms with van der Waals surface area (Å²) in [5.41, 5.74) is -0.224. The molecular formula is C8H16N2O. The topological polar surface area (TPSA) is 32.7 Å². The summed E-state index contributed by atoms with van der Waals surface area (Å²) in [5.74, 6) is -0.0319. The van der Waals surface area contributed by atoms with Crippen LogP contribution in [0.3, 0.4) is 0 Å². The standard InChI is InChI=1S/C8H16N2O/c1-6-9-10(7(2)11)8(3,4)5/h6H,1-5H3. The minimum absolute atomic E-state index is 0.0319. The number of hydrogen-bond donors (Lipinski definition) is 0. The van der Waals surface area contributed by atoms with Crippen molar-refractivity contribution >= 4 is 12.1 Å². The van der Waals surface area contributed by atoms with Crippen LogP contribution in [-0.4, -0.2) is 22.7 Å². The lowest BCUT2D eigenvalue weighted by Gasteiger charge is -2.29. The van der Waals surface area contributed by atoms with Gasteiger partial charge in [-0.2, -0.15) is 5.10 Å². The summed E-state index contributed by atoms with van der Waals surface area (Å²) in [6.07, 6.45) is 1.62. The van der Waals surface area contributed by atoms with E-state index in [1.807, 2.05) is 20.8 Å². The molecule has 0 aromatic rings. The average Bonchev–Trinajstić information content (AvgIpc) is 1.79. The van der Waals surface area contributed by atoms with Crippen molar-refractivity contribution in [3.05, 3.63) is 0 Å². The normalized spacial score (nSPS) is 12.1. The van der Waals surface area contributed by atoms with Crippen molar-refractivity contribution in [1.29, 1.82) is 0 Å². The van der Waals surface area contributed by atoms with Crippen LogP contribution in [0.15, 0.2) is 5.10 Å². The molecule has 0 radical (unpaired) electrons. The maximum Gasteiger partial charge on any atom is 0.240 e. The molecule has 0 heterocycles. The number of carbonyl (C=O) groups is 1. The van der Waals surface area contributed by atoms with Gasteiger partial charge in [0.1, 0.15) is 0 Å². The van der Waals surface area contributed by atoms with E-state index in [0.717, 1.165) is 0 Å². The maximum absolute atomic E-state index is 11.0. The summed E-state index contributed by atoms with van der Waals surface area (Å²) in [7, 11) is 0. The van der Waals surface area contributed by atoms with Crippen LogP contribution in [-0.2, 0) is 4.79 Å². The predicted octanol–water partition coefficient (Wildman–Crippen LogP) is 1.64. The minimum Gasteiger partial charge on any atom is -0.273 e. The highest BCUT2D eigenvalue weighted by Crippen LogP contribution is 2.12. The molecule has 0 saturated carbocycles. The van der Waals surface area contributed by atoms with Gasteiger partial charge in [-0.3, -0.25) is 4.79 Å². The fourth-order valence-corrected chi connectivity index (χ4v) is 0.842. The fourth-order valence-electron chi connectivity index (χ4n) is 0.842. The van der Waals surface area contributed by atoms with E-state index >= 15 is 0 Å². The molecule has 3 heteroatoms. The van der Waals surface area contributed by atoms with Gasteiger partial charge in [0.25, 0.3) is 0 Å². The van der Waals surface area contributed by atoms with E-state index in [1.54, 1.807) is 13.1 Å². The first-order valence-electron chi connectivity index (χ1n) is 3.69. The molecule has 0 aliphatic carbocycles. The molecule has 0 aromatic heterocycles. The Morgan fingerprint density at radius 3 is 2.00 bits per heavy atom. The summed E-state index contributed by atoms with van der Waals surface area (Å²) in [4.78, 5) is 11.0. The van der Waals surface area contributed by atoms with Gasteiger partial charge in [-0.1, -0.05) is 0 Å². The first kappa shape index (κ1) is 10.1. The quantitative estimate of drug-likeness (QED) is 0.419. The number of hydrazone groups is 1. The lowest BCUT2D eigenvalue weighted by atomic mass is 10.1. The molecule has 0 saturated heterocycles. The van der Waals surface area contributed by atoms with Crippen LogP contribution in [0.25, 0.3) is 0 Å². The summed E-state index contributed by atoms with van der Waals surface area (Å²) in [6, 6.07) is 0. The van der Waals surface area contributed by atoms with E-state index in [0.29, 0.717) is 0 Å². The lowest BCUT2D eigenvalue weighted by molar-refractivity contribution is -0.133. The van der Waals surface area contributed by atoms with E-state index in [2.05, 4.69) is 5.10 Å². The highest BCUT2D eigenvalue weighted by atomic mass is 16.2. The second-order valence-corrected chi connectivity index (χ2v) is 3.38. The van der Waals surface area contributed by atoms with Gasteiger partial charge in [-0.15, -0.1) is 0 Å². The Morgan fingerprint density at radius 2 is 1.91 bits per heavy atom. The molecule has 0 rings (SSSR count). The van der Waals surface area contributed by atoms with Crippen molar-refractivity contribution in [2.24, 2.45) is 5.10 Å². The molecule has 0 aliphatic rings. The molecule has 64 valence electrons. The lowest BCUT2D eigenvalue weighted by Crippen LogP contribution is -2.40. The van der Waals surface area contributed by atoms with Crippen LogP contribution in [0.5, 0.6) is 0 Å². The fraction of sp³-hybridized carbons (Fsp3) is 0.750. The highest BCUT2D eigenvalue weighted by molar-refractivity contribution is 5.74. The van der Waals surface area contributed by atoms with Crippen molar-refractivity contribution < 1.29 is 4.79 Å². The van der Waals surface area contributed by atoms with Gasteiger partial charge in [0.15, 0.2) is 0 Å². The second-order valence-electron chi connectivity index (χ2n) is 3.38. The third-order valence-corrected chi connectivity index (χ3v) is 1.16. The van der Waals surface area contributed by atoms with Gasteiger partial charge in [0.05, 0.1) is 5.54 Å². The summed E-state index contributed by atoms with van der Waals surface area (Å²) < 4.78 is 0. The van der Waals surface area contributed by atoms with Gasteiger partial charge in [0.2, 0.25) is 5.91 Å². The SMILES string of the molecule is CC=NN(C(C)=O)C(C)(C)C. The van der Waals surface area contributed by atoms with E-state index in [9.17, 15) is 4.79 Å². The van der Waals surface area contributed by atoms with E-state index in [4.69, 9.17) is 0 Å². The second kappa shape index (κ2) is 3.51. The number of carbonyl (C=O) groups excluding carboxylic acids is 1. The molecule has 0 aliphatic heterocycles. The zero-order valence-corrected chi connectivity index (χ0v) is 7.88. The number of rotatable bonds is 1. The first-order chi connectivity index (χ1) is 4.89. The molecule has 0 fully saturated rings. The molecule has 0 N–H and O–H groups in total. The maximum atomic E-state index is 11.0. The van der Waals surface area contributed by atoms with Crippen LogP contribution in [0.4, 0.5) is 0 Å². The molecule has 11 heavy (non-hydrogen) atoms. The molecule has 1 amide bonds. The van der Waals surface area contributed by atoms with Crippen LogP contribution < -0.4 is 0 Å². The molecule has 0 bridgehead atoms. The first-order valence-corrected chi connectivity index (χ1v) is 3.69. The number of nitrogens with zero attached hydrogens (tertiary/aromatic N) is 2. The minimum atomic E-state index is -0.224. The predicted molar refractivity (Wildman–Crippen MR) is 46.4 cm³/mol. The van der Waals surface area contributed by atoms with Gasteiger partial charge < -0.3 is 0 Å². The highest BCUT2D eigenvalue weighted by Gasteiger charge is 2.22. The molecule has 0 unspecified atom stereocenters. The Labute approximate surface area is 68.1 Å². The largest absolute Gasteiger partial charge is 0.273 e. The Kier molecular flexibility index (Phi) is 3.23. The Hall–Kier alpha value is -0.860. The van der Waals surface area contributed by atoms with Gasteiger partial charge in [0, 0.05) is 13.1 Å². The molecule has 3 nitrogen and oxygen atoms in total. The van der Waals surface area contributed by atoms with E-state index < -0.39 is 0 Å². The van der Waals surface area contributed by atoms with Crippen molar-refractivity contribution in [2.45, 2.75) is 40.2 Å². The molecule has 0 spiro atoms. The zero-order valence-electron chi connectivity index (χ0n) is 7.88. The van der Waals surface area contributed by atoms with Crippen LogP contribution in [0.1, 0.15) is 34.6 Å². The van der Waals surface area contributed by atoms with Crippen LogP contribution in [0.2, 0.25) is 0 Å². The number of hydrogen-bond acceptors (Lipinski definition) is 2. The van der Waals surface area contributed by atoms with Gasteiger partial charge >= 0.3 is 0 Å². The Balaban J connectivity index is 4.48. The van der Waals surface area contributed by atoms with Gasteiger partial charge in [-0.25, -0.2) is 5.01 Å². The average molecular weight is 156 g/mol. The van der Waals surface area contributed by atoms with Gasteiger partial charge in [-0.05, 0) is 27.7 Å². The smallest absolute Gasteiger partial charge is 0.240 e. The van der Waals surface area contributed by atoms with Crippen molar-refractivity contribution in [1.82, 2.24) is 5.01 Å². The molecule has 0 aromatic carbocycles. The van der Waals surface area contributed by atoms with E-state index in [1.165, 1.54) is 11.9 Å². The Bertz CT molecular complexity index is 167. The molecule has 0 atom stereocenters. The summed E-state index contributed by atoms with van der Waals surface area (Å²) in [6.45, 7) is 9.14. The zero-order chi connectivity index (χ0) is 9.07. The Morgan fingerprint density at radius 1 is 1.45 bits per heavy atom. The third kappa shape index (κ3) is 3.16. The summed E-state index contributed by atoms with van der Waals surface area (Å²) >= 11 is 0.